The van der Waals surface area contributed by atoms with Gasteiger partial charge in [0.1, 0.15) is 0 Å². The van der Waals surface area contributed by atoms with Crippen molar-refractivity contribution in [1.82, 2.24) is 4.98 Å². The van der Waals surface area contributed by atoms with Crippen molar-refractivity contribution in [2.75, 3.05) is 6.54 Å². The number of thiazole rings is 1. The number of aryl methyl sites for hydroxylation is 1. The zero-order chi connectivity index (χ0) is 13.9. The van der Waals surface area contributed by atoms with Gasteiger partial charge in [-0.05, 0) is 19.0 Å². The highest BCUT2D eigenvalue weighted by Crippen LogP contribution is 2.37. The number of nitrogens with zero attached hydrogens (tertiary/aromatic N) is 1. The molecule has 0 fully saturated rings. The second-order valence-electron chi connectivity index (χ2n) is 4.06. The third-order valence-corrected chi connectivity index (χ3v) is 3.56. The Bertz CT molecular complexity index is 549. The van der Waals surface area contributed by atoms with E-state index in [2.05, 4.69) is 4.98 Å². The number of rotatable bonds is 4. The number of alkyl halides is 3. The Kier molecular flexibility index (Phi) is 4.21. The molecular formula is C13H13F3N2S. The Morgan fingerprint density at radius 1 is 1.21 bits per heavy atom. The first-order valence-corrected chi connectivity index (χ1v) is 6.71. The highest BCUT2D eigenvalue weighted by atomic mass is 32.1. The second-order valence-corrected chi connectivity index (χ2v) is 5.00. The molecule has 2 nitrogen and oxygen atoms in total. The van der Waals surface area contributed by atoms with Crippen LogP contribution >= 0.6 is 11.3 Å². The highest BCUT2D eigenvalue weighted by Gasteiger charge is 2.33. The molecule has 19 heavy (non-hydrogen) atoms. The summed E-state index contributed by atoms with van der Waals surface area (Å²) in [5.74, 6) is 0. The highest BCUT2D eigenvalue weighted by molar-refractivity contribution is 7.09. The molecular weight excluding hydrogens is 273 g/mol. The summed E-state index contributed by atoms with van der Waals surface area (Å²) in [6, 6.07) is 5.50. The summed E-state index contributed by atoms with van der Waals surface area (Å²) in [4.78, 5) is 4.26. The predicted molar refractivity (Wildman–Crippen MR) is 69.9 cm³/mol. The summed E-state index contributed by atoms with van der Waals surface area (Å²) in [5.41, 5.74) is 5.27. The lowest BCUT2D eigenvalue weighted by molar-refractivity contribution is -0.137. The smallest absolute Gasteiger partial charge is 0.330 e. The summed E-state index contributed by atoms with van der Waals surface area (Å²) >= 11 is 1.37. The minimum absolute atomic E-state index is 0.130. The van der Waals surface area contributed by atoms with Gasteiger partial charge >= 0.3 is 6.18 Å². The molecule has 0 aliphatic heterocycles. The quantitative estimate of drug-likeness (QED) is 0.930. The van der Waals surface area contributed by atoms with Gasteiger partial charge in [0.15, 0.2) is 0 Å². The van der Waals surface area contributed by atoms with Gasteiger partial charge in [0.2, 0.25) is 0 Å². The van der Waals surface area contributed by atoms with Crippen LogP contribution in [0.15, 0.2) is 29.6 Å². The third-order valence-electron chi connectivity index (χ3n) is 2.65. The van der Waals surface area contributed by atoms with Crippen LogP contribution in [-0.2, 0) is 12.6 Å². The lowest BCUT2D eigenvalue weighted by Gasteiger charge is -2.10. The van der Waals surface area contributed by atoms with Gasteiger partial charge < -0.3 is 5.73 Å². The van der Waals surface area contributed by atoms with Crippen molar-refractivity contribution in [3.8, 4) is 11.3 Å². The van der Waals surface area contributed by atoms with Crippen molar-refractivity contribution in [3.05, 3.63) is 40.2 Å². The fourth-order valence-electron chi connectivity index (χ4n) is 1.76. The van der Waals surface area contributed by atoms with E-state index in [4.69, 9.17) is 5.73 Å². The summed E-state index contributed by atoms with van der Waals surface area (Å²) in [7, 11) is 0. The van der Waals surface area contributed by atoms with Gasteiger partial charge in [0.25, 0.3) is 0 Å². The van der Waals surface area contributed by atoms with Gasteiger partial charge in [0.05, 0.1) is 16.3 Å². The monoisotopic (exact) mass is 286 g/mol. The lowest BCUT2D eigenvalue weighted by atomic mass is 10.1. The number of benzene rings is 1. The van der Waals surface area contributed by atoms with Crippen LogP contribution in [0.2, 0.25) is 0 Å². The van der Waals surface area contributed by atoms with Gasteiger partial charge in [-0.25, -0.2) is 4.98 Å². The molecule has 0 saturated heterocycles. The van der Waals surface area contributed by atoms with Crippen LogP contribution in [0.25, 0.3) is 11.3 Å². The molecule has 0 amide bonds. The molecule has 0 radical (unpaired) electrons. The molecule has 0 bridgehead atoms. The number of hydrogen-bond acceptors (Lipinski definition) is 3. The SMILES string of the molecule is NCCCc1nc(-c2ccccc2C(F)(F)F)cs1. The van der Waals surface area contributed by atoms with E-state index >= 15 is 0 Å². The fraction of sp³-hybridized carbons (Fsp3) is 0.308. The first kappa shape index (κ1) is 14.0. The maximum Gasteiger partial charge on any atom is 0.417 e. The van der Waals surface area contributed by atoms with E-state index in [1.165, 1.54) is 23.5 Å². The Balaban J connectivity index is 2.34. The normalized spacial score (nSPS) is 11.8. The minimum atomic E-state index is -4.36. The molecule has 1 aromatic carbocycles. The number of nitrogens with two attached hydrogens (primary N) is 1. The molecule has 0 spiro atoms. The first-order chi connectivity index (χ1) is 9.02. The molecule has 2 aromatic rings. The van der Waals surface area contributed by atoms with Crippen LogP contribution in [0.3, 0.4) is 0 Å². The van der Waals surface area contributed by atoms with E-state index in [1.807, 2.05) is 0 Å². The maximum atomic E-state index is 12.9. The Labute approximate surface area is 113 Å². The van der Waals surface area contributed by atoms with Gasteiger partial charge in [-0.1, -0.05) is 18.2 Å². The molecule has 102 valence electrons. The van der Waals surface area contributed by atoms with E-state index < -0.39 is 11.7 Å². The fourth-order valence-corrected chi connectivity index (χ4v) is 2.60. The van der Waals surface area contributed by atoms with Crippen LogP contribution in [0.4, 0.5) is 13.2 Å². The van der Waals surface area contributed by atoms with Crippen molar-refractivity contribution in [2.24, 2.45) is 5.73 Å². The molecule has 0 saturated carbocycles. The molecule has 0 aliphatic carbocycles. The predicted octanol–water partition coefficient (Wildman–Crippen LogP) is 3.72. The zero-order valence-corrected chi connectivity index (χ0v) is 10.9. The molecule has 6 heteroatoms. The largest absolute Gasteiger partial charge is 0.417 e. The van der Waals surface area contributed by atoms with Crippen LogP contribution in [0.1, 0.15) is 17.0 Å². The minimum Gasteiger partial charge on any atom is -0.330 e. The standard InChI is InChI=1S/C13H13F3N2S/c14-13(15,16)10-5-2-1-4-9(10)11-8-19-12(18-11)6-3-7-17/h1-2,4-5,8H,3,6-7,17H2. The van der Waals surface area contributed by atoms with Gasteiger partial charge in [0, 0.05) is 17.4 Å². The van der Waals surface area contributed by atoms with E-state index in [-0.39, 0.29) is 5.56 Å². The van der Waals surface area contributed by atoms with E-state index in [1.54, 1.807) is 11.4 Å². The van der Waals surface area contributed by atoms with Crippen molar-refractivity contribution < 1.29 is 13.2 Å². The summed E-state index contributed by atoms with van der Waals surface area (Å²) in [6.07, 6.45) is -2.87. The topological polar surface area (TPSA) is 38.9 Å². The van der Waals surface area contributed by atoms with Crippen LogP contribution in [0.5, 0.6) is 0 Å². The van der Waals surface area contributed by atoms with E-state index in [0.717, 1.165) is 17.5 Å². The Morgan fingerprint density at radius 2 is 1.95 bits per heavy atom. The van der Waals surface area contributed by atoms with E-state index in [0.29, 0.717) is 18.7 Å². The van der Waals surface area contributed by atoms with Crippen LogP contribution in [0, 0.1) is 0 Å². The number of halogens is 3. The van der Waals surface area contributed by atoms with Crippen molar-refractivity contribution in [2.45, 2.75) is 19.0 Å². The van der Waals surface area contributed by atoms with Gasteiger partial charge in [-0.15, -0.1) is 11.3 Å². The third kappa shape index (κ3) is 3.33. The van der Waals surface area contributed by atoms with E-state index in [9.17, 15) is 13.2 Å². The maximum absolute atomic E-state index is 12.9. The molecule has 0 unspecified atom stereocenters. The van der Waals surface area contributed by atoms with Crippen LogP contribution < -0.4 is 5.73 Å². The Hall–Kier alpha value is -1.40. The number of hydrogen-bond donors (Lipinski definition) is 1. The average molecular weight is 286 g/mol. The summed E-state index contributed by atoms with van der Waals surface area (Å²) in [6.45, 7) is 0.550. The molecule has 2 N–H and O–H groups in total. The molecule has 0 aliphatic rings. The first-order valence-electron chi connectivity index (χ1n) is 5.83. The molecule has 2 rings (SSSR count). The van der Waals surface area contributed by atoms with Gasteiger partial charge in [-0.3, -0.25) is 0 Å². The summed E-state index contributed by atoms with van der Waals surface area (Å²) < 4.78 is 38.7. The van der Waals surface area contributed by atoms with Crippen molar-refractivity contribution in [1.29, 1.82) is 0 Å². The Morgan fingerprint density at radius 3 is 2.63 bits per heavy atom. The summed E-state index contributed by atoms with van der Waals surface area (Å²) in [5, 5.41) is 2.48. The number of aromatic nitrogens is 1. The second kappa shape index (κ2) is 5.71. The molecule has 1 heterocycles. The molecule has 1 aromatic heterocycles. The lowest BCUT2D eigenvalue weighted by Crippen LogP contribution is -2.07. The van der Waals surface area contributed by atoms with Gasteiger partial charge in [-0.2, -0.15) is 13.2 Å². The van der Waals surface area contributed by atoms with Crippen LogP contribution in [-0.4, -0.2) is 11.5 Å². The molecule has 0 atom stereocenters. The average Bonchev–Trinajstić information content (AvgIpc) is 2.84. The van der Waals surface area contributed by atoms with Crippen molar-refractivity contribution >= 4 is 11.3 Å². The van der Waals surface area contributed by atoms with Crippen molar-refractivity contribution in [3.63, 3.8) is 0 Å². The zero-order valence-electron chi connectivity index (χ0n) is 10.1.